The number of rotatable bonds is 4. The molecule has 0 fully saturated rings. The summed E-state index contributed by atoms with van der Waals surface area (Å²) in [5, 5.41) is 11.0. The summed E-state index contributed by atoms with van der Waals surface area (Å²) < 4.78 is 5.67. The van der Waals surface area contributed by atoms with Crippen molar-refractivity contribution in [2.24, 2.45) is 0 Å². The fraction of sp³-hybridized carbons (Fsp3) is 0.188. The maximum Gasteiger partial charge on any atom is 0.283 e. The van der Waals surface area contributed by atoms with Crippen molar-refractivity contribution >= 4 is 11.5 Å². The molecular weight excluding hydrogens is 270 g/mol. The van der Waals surface area contributed by atoms with Gasteiger partial charge in [-0.05, 0) is 44.5 Å². The number of nitro groups is 1. The zero-order valence-corrected chi connectivity index (χ0v) is 12.0. The largest absolute Gasteiger partial charge is 0.457 e. The van der Waals surface area contributed by atoms with E-state index in [1.54, 1.807) is 6.07 Å². The summed E-state index contributed by atoms with van der Waals surface area (Å²) in [5.41, 5.74) is 1.88. The minimum absolute atomic E-state index is 0.0768. The van der Waals surface area contributed by atoms with Gasteiger partial charge in [-0.1, -0.05) is 17.7 Å². The minimum Gasteiger partial charge on any atom is -0.457 e. The number of nitrogens with zero attached hydrogens (tertiary/aromatic N) is 1. The van der Waals surface area contributed by atoms with Gasteiger partial charge in [0.15, 0.2) is 5.78 Å². The number of aryl methyl sites for hydroxylation is 2. The van der Waals surface area contributed by atoms with Gasteiger partial charge in [-0.3, -0.25) is 14.9 Å². The summed E-state index contributed by atoms with van der Waals surface area (Å²) in [6, 6.07) is 9.93. The first-order valence-corrected chi connectivity index (χ1v) is 6.43. The number of hydrogen-bond acceptors (Lipinski definition) is 4. The fourth-order valence-electron chi connectivity index (χ4n) is 2.06. The zero-order valence-electron chi connectivity index (χ0n) is 12.0. The number of ether oxygens (including phenoxy) is 1. The molecule has 0 N–H and O–H groups in total. The highest BCUT2D eigenvalue weighted by Crippen LogP contribution is 2.30. The topological polar surface area (TPSA) is 69.4 Å². The van der Waals surface area contributed by atoms with Crippen LogP contribution in [0.15, 0.2) is 36.4 Å². The van der Waals surface area contributed by atoms with E-state index in [-0.39, 0.29) is 17.0 Å². The van der Waals surface area contributed by atoms with E-state index in [1.807, 2.05) is 32.0 Å². The van der Waals surface area contributed by atoms with Crippen molar-refractivity contribution in [1.82, 2.24) is 0 Å². The lowest BCUT2D eigenvalue weighted by molar-refractivity contribution is -0.385. The molecule has 2 aromatic rings. The van der Waals surface area contributed by atoms with Gasteiger partial charge < -0.3 is 4.74 Å². The van der Waals surface area contributed by atoms with Crippen molar-refractivity contribution < 1.29 is 14.5 Å². The van der Waals surface area contributed by atoms with Gasteiger partial charge in [-0.25, -0.2) is 0 Å². The molecule has 2 rings (SSSR count). The Balaban J connectivity index is 2.39. The first-order valence-electron chi connectivity index (χ1n) is 6.43. The van der Waals surface area contributed by atoms with E-state index < -0.39 is 4.92 Å². The Hall–Kier alpha value is -2.69. The number of hydrogen-bond donors (Lipinski definition) is 0. The number of carbonyl (C=O) groups is 1. The zero-order chi connectivity index (χ0) is 15.6. The number of Topliss-reactive ketones (excluding diaryl/α,β-unsaturated/α-hetero) is 1. The molecule has 0 radical (unpaired) electrons. The van der Waals surface area contributed by atoms with Crippen LogP contribution in [0, 0.1) is 24.0 Å². The molecule has 0 saturated carbocycles. The maximum atomic E-state index is 11.4. The van der Waals surface area contributed by atoms with E-state index >= 15 is 0 Å². The Morgan fingerprint density at radius 2 is 1.86 bits per heavy atom. The standard InChI is InChI=1S/C16H15NO4/c1-10-4-7-16(11(2)8-10)21-13-5-6-14(12(3)18)15(9-13)17(19)20/h4-9H,1-3H3. The Labute approximate surface area is 122 Å². The summed E-state index contributed by atoms with van der Waals surface area (Å²) in [4.78, 5) is 21.8. The maximum absolute atomic E-state index is 11.4. The Morgan fingerprint density at radius 1 is 1.14 bits per heavy atom. The summed E-state index contributed by atoms with van der Waals surface area (Å²) in [6.45, 7) is 5.18. The van der Waals surface area contributed by atoms with Crippen LogP contribution >= 0.6 is 0 Å². The van der Waals surface area contributed by atoms with Crippen molar-refractivity contribution in [3.8, 4) is 11.5 Å². The molecule has 0 saturated heterocycles. The normalized spacial score (nSPS) is 10.2. The summed E-state index contributed by atoms with van der Waals surface area (Å²) in [7, 11) is 0. The van der Waals surface area contributed by atoms with Crippen LogP contribution in [0.25, 0.3) is 0 Å². The van der Waals surface area contributed by atoms with Gasteiger partial charge in [-0.15, -0.1) is 0 Å². The molecule has 2 aromatic carbocycles. The Bertz CT molecular complexity index is 722. The number of carbonyl (C=O) groups excluding carboxylic acids is 1. The van der Waals surface area contributed by atoms with E-state index in [4.69, 9.17) is 4.74 Å². The molecule has 0 aromatic heterocycles. The van der Waals surface area contributed by atoms with E-state index in [0.29, 0.717) is 11.5 Å². The lowest BCUT2D eigenvalue weighted by Gasteiger charge is -2.10. The van der Waals surface area contributed by atoms with Crippen molar-refractivity contribution in [1.29, 1.82) is 0 Å². The van der Waals surface area contributed by atoms with Gasteiger partial charge >= 0.3 is 0 Å². The van der Waals surface area contributed by atoms with Crippen LogP contribution in [0.2, 0.25) is 0 Å². The highest BCUT2D eigenvalue weighted by Gasteiger charge is 2.18. The van der Waals surface area contributed by atoms with Crippen LogP contribution in [0.4, 0.5) is 5.69 Å². The van der Waals surface area contributed by atoms with Gasteiger partial charge in [-0.2, -0.15) is 0 Å². The lowest BCUT2D eigenvalue weighted by atomic mass is 10.1. The average molecular weight is 285 g/mol. The number of ketones is 1. The average Bonchev–Trinajstić information content (AvgIpc) is 2.41. The third-order valence-corrected chi connectivity index (χ3v) is 3.10. The van der Waals surface area contributed by atoms with Gasteiger partial charge in [0.05, 0.1) is 16.6 Å². The second kappa shape index (κ2) is 5.75. The van der Waals surface area contributed by atoms with Crippen molar-refractivity contribution in [3.63, 3.8) is 0 Å². The molecule has 0 aliphatic heterocycles. The Morgan fingerprint density at radius 3 is 2.43 bits per heavy atom. The van der Waals surface area contributed by atoms with E-state index in [1.165, 1.54) is 19.1 Å². The summed E-state index contributed by atoms with van der Waals surface area (Å²) >= 11 is 0. The van der Waals surface area contributed by atoms with E-state index in [9.17, 15) is 14.9 Å². The Kier molecular flexibility index (Phi) is 4.03. The van der Waals surface area contributed by atoms with Crippen LogP contribution < -0.4 is 4.74 Å². The highest BCUT2D eigenvalue weighted by molar-refractivity contribution is 5.98. The molecule has 21 heavy (non-hydrogen) atoms. The van der Waals surface area contributed by atoms with Crippen LogP contribution in [-0.4, -0.2) is 10.7 Å². The highest BCUT2D eigenvalue weighted by atomic mass is 16.6. The molecule has 0 unspecified atom stereocenters. The molecule has 0 heterocycles. The van der Waals surface area contributed by atoms with Crippen molar-refractivity contribution in [2.45, 2.75) is 20.8 Å². The lowest BCUT2D eigenvalue weighted by Crippen LogP contribution is -2.00. The third-order valence-electron chi connectivity index (χ3n) is 3.10. The van der Waals surface area contributed by atoms with Gasteiger partial charge in [0.2, 0.25) is 0 Å². The smallest absolute Gasteiger partial charge is 0.283 e. The molecule has 0 aliphatic carbocycles. The quantitative estimate of drug-likeness (QED) is 0.479. The van der Waals surface area contributed by atoms with Gasteiger partial charge in [0, 0.05) is 0 Å². The molecule has 0 aliphatic rings. The van der Waals surface area contributed by atoms with Gasteiger partial charge in [0.25, 0.3) is 5.69 Å². The molecule has 0 amide bonds. The molecule has 0 atom stereocenters. The SMILES string of the molecule is CC(=O)c1ccc(Oc2ccc(C)cc2C)cc1[N+](=O)[O-]. The van der Waals surface area contributed by atoms with Crippen molar-refractivity contribution in [2.75, 3.05) is 0 Å². The van der Waals surface area contributed by atoms with Crippen LogP contribution in [-0.2, 0) is 0 Å². The summed E-state index contributed by atoms with van der Waals surface area (Å²) in [6.07, 6.45) is 0. The minimum atomic E-state index is -0.578. The second-order valence-electron chi connectivity index (χ2n) is 4.86. The van der Waals surface area contributed by atoms with E-state index in [2.05, 4.69) is 0 Å². The molecule has 0 spiro atoms. The molecular formula is C16H15NO4. The molecule has 5 nitrogen and oxygen atoms in total. The monoisotopic (exact) mass is 285 g/mol. The number of benzene rings is 2. The second-order valence-corrected chi connectivity index (χ2v) is 4.86. The number of nitro benzene ring substituents is 1. The molecule has 0 bridgehead atoms. The third kappa shape index (κ3) is 3.25. The predicted octanol–water partition coefficient (Wildman–Crippen LogP) is 4.21. The molecule has 5 heteroatoms. The summed E-state index contributed by atoms with van der Waals surface area (Å²) in [5.74, 6) is 0.615. The van der Waals surface area contributed by atoms with Gasteiger partial charge in [0.1, 0.15) is 11.5 Å². The fourth-order valence-corrected chi connectivity index (χ4v) is 2.06. The van der Waals surface area contributed by atoms with Crippen LogP contribution in [0.3, 0.4) is 0 Å². The van der Waals surface area contributed by atoms with E-state index in [0.717, 1.165) is 11.1 Å². The first kappa shape index (κ1) is 14.7. The van der Waals surface area contributed by atoms with Crippen LogP contribution in [0.5, 0.6) is 11.5 Å². The van der Waals surface area contributed by atoms with Crippen molar-refractivity contribution in [3.05, 3.63) is 63.2 Å². The van der Waals surface area contributed by atoms with Crippen LogP contribution in [0.1, 0.15) is 28.4 Å². The first-order chi connectivity index (χ1) is 9.88. The predicted molar refractivity (Wildman–Crippen MR) is 79.1 cm³/mol. The molecule has 108 valence electrons.